The highest BCUT2D eigenvalue weighted by Crippen LogP contribution is 2.39. The summed E-state index contributed by atoms with van der Waals surface area (Å²) in [7, 11) is 1.83. The average Bonchev–Trinajstić information content (AvgIpc) is 3.07. The number of anilines is 1. The Balaban J connectivity index is 1.76. The van der Waals surface area contributed by atoms with Crippen molar-refractivity contribution in [3.8, 4) is 6.07 Å². The van der Waals surface area contributed by atoms with Crippen LogP contribution in [0.4, 0.5) is 5.00 Å². The van der Waals surface area contributed by atoms with Crippen LogP contribution in [0.15, 0.2) is 18.5 Å². The van der Waals surface area contributed by atoms with E-state index in [1.54, 1.807) is 17.0 Å². The van der Waals surface area contributed by atoms with Crippen LogP contribution in [0.3, 0.4) is 0 Å². The second-order valence-electron chi connectivity index (χ2n) is 5.94. The number of carbonyl (C=O) groups excluding carboxylic acids is 1. The maximum atomic E-state index is 12.1. The van der Waals surface area contributed by atoms with Crippen LogP contribution >= 0.6 is 11.3 Å². The topological polar surface area (TPSA) is 70.7 Å². The molecular formula is C17H18N4OS. The number of thiophene rings is 1. The second kappa shape index (κ2) is 6.39. The summed E-state index contributed by atoms with van der Waals surface area (Å²) >= 11 is 1.54. The molecule has 23 heavy (non-hydrogen) atoms. The number of hydrogen-bond donors (Lipinski definition) is 1. The molecule has 0 bridgehead atoms. The van der Waals surface area contributed by atoms with Crippen LogP contribution in [0, 0.1) is 17.2 Å². The first kappa shape index (κ1) is 15.5. The summed E-state index contributed by atoms with van der Waals surface area (Å²) < 4.78 is 1.68. The number of rotatable bonds is 3. The summed E-state index contributed by atoms with van der Waals surface area (Å²) in [6.45, 7) is 2.23. The summed E-state index contributed by atoms with van der Waals surface area (Å²) in [6.07, 6.45) is 9.73. The minimum absolute atomic E-state index is 0.225. The number of nitriles is 1. The molecule has 1 N–H and O–H groups in total. The van der Waals surface area contributed by atoms with Crippen LogP contribution in [0.1, 0.15) is 34.9 Å². The van der Waals surface area contributed by atoms with Gasteiger partial charge in [0.1, 0.15) is 11.1 Å². The van der Waals surface area contributed by atoms with Crippen LogP contribution in [0.5, 0.6) is 0 Å². The third-order valence-corrected chi connectivity index (χ3v) is 5.18. The zero-order valence-corrected chi connectivity index (χ0v) is 14.0. The monoisotopic (exact) mass is 326 g/mol. The van der Waals surface area contributed by atoms with Gasteiger partial charge in [0.05, 0.1) is 11.8 Å². The van der Waals surface area contributed by atoms with E-state index in [2.05, 4.69) is 23.4 Å². The summed E-state index contributed by atoms with van der Waals surface area (Å²) in [6, 6.07) is 2.26. The largest absolute Gasteiger partial charge is 0.313 e. The third kappa shape index (κ3) is 3.35. The van der Waals surface area contributed by atoms with Crippen molar-refractivity contribution >= 4 is 28.3 Å². The molecule has 0 fully saturated rings. The van der Waals surface area contributed by atoms with E-state index in [4.69, 9.17) is 0 Å². The Kier molecular flexibility index (Phi) is 4.30. The predicted octanol–water partition coefficient (Wildman–Crippen LogP) is 3.13. The van der Waals surface area contributed by atoms with Crippen LogP contribution < -0.4 is 5.32 Å². The Hall–Kier alpha value is -2.39. The van der Waals surface area contributed by atoms with E-state index in [1.165, 1.54) is 22.3 Å². The summed E-state index contributed by atoms with van der Waals surface area (Å²) in [4.78, 5) is 13.4. The molecule has 2 aromatic rings. The van der Waals surface area contributed by atoms with Gasteiger partial charge in [-0.1, -0.05) is 6.92 Å². The standard InChI is InChI=1S/C17H18N4OS/c1-11-3-5-13-14(8-18)17(23-15(13)7-11)20-16(22)6-4-12-9-19-21(2)10-12/h4,6,9-11H,3,5,7H2,1-2H3,(H,20,22)/b6-4+. The number of nitrogens with zero attached hydrogens (tertiary/aromatic N) is 3. The summed E-state index contributed by atoms with van der Waals surface area (Å²) in [5.41, 5.74) is 2.63. The molecule has 3 rings (SSSR count). The first-order valence-electron chi connectivity index (χ1n) is 7.59. The van der Waals surface area contributed by atoms with E-state index in [9.17, 15) is 10.1 Å². The van der Waals surface area contributed by atoms with Crippen molar-refractivity contribution in [2.24, 2.45) is 13.0 Å². The maximum Gasteiger partial charge on any atom is 0.249 e. The number of amides is 1. The lowest BCUT2D eigenvalue weighted by atomic mass is 9.89. The van der Waals surface area contributed by atoms with Crippen molar-refractivity contribution in [3.05, 3.63) is 40.0 Å². The van der Waals surface area contributed by atoms with Gasteiger partial charge < -0.3 is 5.32 Å². The molecule has 5 nitrogen and oxygen atoms in total. The summed E-state index contributed by atoms with van der Waals surface area (Å²) in [5, 5.41) is 17.0. The minimum atomic E-state index is -0.225. The fourth-order valence-corrected chi connectivity index (χ4v) is 4.17. The van der Waals surface area contributed by atoms with Crippen LogP contribution in [0.2, 0.25) is 0 Å². The van der Waals surface area contributed by atoms with E-state index in [-0.39, 0.29) is 5.91 Å². The average molecular weight is 326 g/mol. The molecule has 1 aliphatic rings. The van der Waals surface area contributed by atoms with E-state index < -0.39 is 0 Å². The molecule has 0 saturated heterocycles. The van der Waals surface area contributed by atoms with E-state index in [0.717, 1.165) is 30.4 Å². The number of hydrogen-bond acceptors (Lipinski definition) is 4. The molecule has 0 spiro atoms. The Bertz CT molecular complexity index is 809. The SMILES string of the molecule is CC1CCc2c(sc(NC(=O)/C=C/c3cnn(C)c3)c2C#N)C1. The second-order valence-corrected chi connectivity index (χ2v) is 7.04. The van der Waals surface area contributed by atoms with Gasteiger partial charge >= 0.3 is 0 Å². The first-order chi connectivity index (χ1) is 11.1. The van der Waals surface area contributed by atoms with E-state index in [1.807, 2.05) is 13.2 Å². The molecule has 2 aromatic heterocycles. The Labute approximate surface area is 139 Å². The number of nitrogens with one attached hydrogen (secondary N) is 1. The van der Waals surface area contributed by atoms with Crippen molar-refractivity contribution < 1.29 is 4.79 Å². The third-order valence-electron chi connectivity index (χ3n) is 4.01. The Morgan fingerprint density at radius 3 is 3.13 bits per heavy atom. The molecule has 0 saturated carbocycles. The molecular weight excluding hydrogens is 308 g/mol. The van der Waals surface area contributed by atoms with Crippen LogP contribution in [0.25, 0.3) is 6.08 Å². The predicted molar refractivity (Wildman–Crippen MR) is 91.1 cm³/mol. The van der Waals surface area contributed by atoms with Gasteiger partial charge in [-0.15, -0.1) is 11.3 Å². The molecule has 0 radical (unpaired) electrons. The quantitative estimate of drug-likeness (QED) is 0.881. The molecule has 1 aliphatic carbocycles. The molecule has 1 amide bonds. The van der Waals surface area contributed by atoms with Gasteiger partial charge in [-0.25, -0.2) is 0 Å². The molecule has 1 atom stereocenters. The molecule has 6 heteroatoms. The fraction of sp³-hybridized carbons (Fsp3) is 0.353. The van der Waals surface area contributed by atoms with Gasteiger partial charge in [0.2, 0.25) is 5.91 Å². The van der Waals surface area contributed by atoms with Gasteiger partial charge in [-0.05, 0) is 36.8 Å². The smallest absolute Gasteiger partial charge is 0.249 e. The lowest BCUT2D eigenvalue weighted by molar-refractivity contribution is -0.111. The molecule has 0 aromatic carbocycles. The normalized spacial score (nSPS) is 17.0. The van der Waals surface area contributed by atoms with Crippen LogP contribution in [-0.2, 0) is 24.7 Å². The minimum Gasteiger partial charge on any atom is -0.313 e. The lowest BCUT2D eigenvalue weighted by Crippen LogP contribution is -2.10. The first-order valence-corrected chi connectivity index (χ1v) is 8.41. The van der Waals surface area contributed by atoms with Crippen molar-refractivity contribution in [2.75, 3.05) is 5.32 Å². The fourth-order valence-electron chi connectivity index (χ4n) is 2.81. The summed E-state index contributed by atoms with van der Waals surface area (Å²) in [5.74, 6) is 0.415. The van der Waals surface area contributed by atoms with E-state index in [0.29, 0.717) is 16.5 Å². The molecule has 0 aliphatic heterocycles. The Morgan fingerprint density at radius 2 is 2.43 bits per heavy atom. The maximum absolute atomic E-state index is 12.1. The Morgan fingerprint density at radius 1 is 1.61 bits per heavy atom. The van der Waals surface area contributed by atoms with Gasteiger partial charge in [0, 0.05) is 29.8 Å². The van der Waals surface area contributed by atoms with Crippen molar-refractivity contribution in [3.63, 3.8) is 0 Å². The van der Waals surface area contributed by atoms with Crippen molar-refractivity contribution in [1.82, 2.24) is 9.78 Å². The highest BCUT2D eigenvalue weighted by molar-refractivity contribution is 7.16. The zero-order valence-electron chi connectivity index (χ0n) is 13.2. The van der Waals surface area contributed by atoms with E-state index >= 15 is 0 Å². The number of aromatic nitrogens is 2. The molecule has 118 valence electrons. The van der Waals surface area contributed by atoms with Gasteiger partial charge in [-0.3, -0.25) is 9.48 Å². The van der Waals surface area contributed by atoms with Gasteiger partial charge in [-0.2, -0.15) is 10.4 Å². The molecule has 1 unspecified atom stereocenters. The highest BCUT2D eigenvalue weighted by Gasteiger charge is 2.24. The lowest BCUT2D eigenvalue weighted by Gasteiger charge is -2.17. The number of carbonyl (C=O) groups is 1. The van der Waals surface area contributed by atoms with Crippen molar-refractivity contribution in [1.29, 1.82) is 5.26 Å². The van der Waals surface area contributed by atoms with Crippen molar-refractivity contribution in [2.45, 2.75) is 26.2 Å². The zero-order chi connectivity index (χ0) is 16.4. The van der Waals surface area contributed by atoms with Gasteiger partial charge in [0.15, 0.2) is 0 Å². The number of fused-ring (bicyclic) bond motifs is 1. The van der Waals surface area contributed by atoms with Gasteiger partial charge in [0.25, 0.3) is 0 Å². The highest BCUT2D eigenvalue weighted by atomic mass is 32.1. The number of aryl methyl sites for hydroxylation is 1. The van der Waals surface area contributed by atoms with Crippen LogP contribution in [-0.4, -0.2) is 15.7 Å². The molecule has 2 heterocycles.